The normalized spacial score (nSPS) is 11.9. The number of rotatable bonds is 3. The summed E-state index contributed by atoms with van der Waals surface area (Å²) in [5, 5.41) is 8.99. The van der Waals surface area contributed by atoms with Crippen LogP contribution in [0.1, 0.15) is 13.8 Å². The van der Waals surface area contributed by atoms with Crippen molar-refractivity contribution in [3.63, 3.8) is 0 Å². The standard InChI is InChI=1S/C9H13NO3S/c1-7(2)10-14(12,13)9-5-3-8(11)4-6-9/h3-7,10-11H,1-2H3. The number of phenolic OH excluding ortho intramolecular Hbond substituents is 1. The van der Waals surface area contributed by atoms with Gasteiger partial charge in [-0.15, -0.1) is 0 Å². The zero-order chi connectivity index (χ0) is 10.8. The van der Waals surface area contributed by atoms with Gasteiger partial charge in [0.15, 0.2) is 0 Å². The van der Waals surface area contributed by atoms with E-state index in [9.17, 15) is 8.42 Å². The minimum absolute atomic E-state index is 0.0495. The molecule has 14 heavy (non-hydrogen) atoms. The molecule has 0 spiro atoms. The van der Waals surface area contributed by atoms with Gasteiger partial charge in [-0.05, 0) is 38.1 Å². The highest BCUT2D eigenvalue weighted by Crippen LogP contribution is 2.14. The first-order chi connectivity index (χ1) is 6.42. The van der Waals surface area contributed by atoms with Crippen LogP contribution < -0.4 is 4.72 Å². The molecule has 78 valence electrons. The van der Waals surface area contributed by atoms with Gasteiger partial charge in [0.25, 0.3) is 0 Å². The number of sulfonamides is 1. The molecular formula is C9H13NO3S. The monoisotopic (exact) mass is 215 g/mol. The fourth-order valence-electron chi connectivity index (χ4n) is 1.00. The van der Waals surface area contributed by atoms with E-state index in [0.29, 0.717) is 0 Å². The molecule has 0 fully saturated rings. The Kier molecular flexibility index (Phi) is 3.13. The minimum atomic E-state index is -3.44. The fourth-order valence-corrected chi connectivity index (χ4v) is 2.25. The van der Waals surface area contributed by atoms with Crippen molar-refractivity contribution in [3.05, 3.63) is 24.3 Å². The van der Waals surface area contributed by atoms with E-state index in [1.165, 1.54) is 24.3 Å². The molecule has 0 atom stereocenters. The molecule has 0 aliphatic carbocycles. The summed E-state index contributed by atoms with van der Waals surface area (Å²) in [6.07, 6.45) is 0. The number of nitrogens with one attached hydrogen (secondary N) is 1. The summed E-state index contributed by atoms with van der Waals surface area (Å²) in [6.45, 7) is 3.50. The van der Waals surface area contributed by atoms with E-state index >= 15 is 0 Å². The SMILES string of the molecule is CC(C)NS(=O)(=O)c1ccc(O)cc1. The third-order valence-electron chi connectivity index (χ3n) is 1.54. The maximum atomic E-state index is 11.6. The number of aromatic hydroxyl groups is 1. The molecule has 1 aromatic rings. The van der Waals surface area contributed by atoms with Crippen molar-refractivity contribution >= 4 is 10.0 Å². The molecule has 0 aliphatic heterocycles. The Labute approximate surface area is 83.6 Å². The van der Waals surface area contributed by atoms with Crippen LogP contribution in [0.15, 0.2) is 29.2 Å². The van der Waals surface area contributed by atoms with Crippen molar-refractivity contribution in [1.29, 1.82) is 0 Å². The third-order valence-corrected chi connectivity index (χ3v) is 3.21. The number of phenols is 1. The van der Waals surface area contributed by atoms with E-state index in [2.05, 4.69) is 4.72 Å². The second-order valence-electron chi connectivity index (χ2n) is 3.27. The summed E-state index contributed by atoms with van der Waals surface area (Å²) < 4.78 is 25.6. The molecule has 0 unspecified atom stereocenters. The zero-order valence-corrected chi connectivity index (χ0v) is 8.88. The van der Waals surface area contributed by atoms with E-state index in [0.717, 1.165) is 0 Å². The lowest BCUT2D eigenvalue weighted by atomic mass is 10.3. The fraction of sp³-hybridized carbons (Fsp3) is 0.333. The van der Waals surface area contributed by atoms with Gasteiger partial charge in [0.05, 0.1) is 4.90 Å². The average Bonchev–Trinajstić information content (AvgIpc) is 2.02. The van der Waals surface area contributed by atoms with Gasteiger partial charge in [-0.1, -0.05) is 0 Å². The Hall–Kier alpha value is -1.07. The van der Waals surface area contributed by atoms with E-state index < -0.39 is 10.0 Å². The summed E-state index contributed by atoms with van der Waals surface area (Å²) in [5.74, 6) is 0.0495. The molecular weight excluding hydrogens is 202 g/mol. The van der Waals surface area contributed by atoms with Gasteiger partial charge in [-0.25, -0.2) is 13.1 Å². The maximum Gasteiger partial charge on any atom is 0.240 e. The molecule has 0 bridgehead atoms. The molecule has 1 aromatic carbocycles. The molecule has 0 saturated carbocycles. The molecule has 0 aliphatic rings. The van der Waals surface area contributed by atoms with E-state index in [1.807, 2.05) is 0 Å². The lowest BCUT2D eigenvalue weighted by Crippen LogP contribution is -2.30. The van der Waals surface area contributed by atoms with E-state index in [4.69, 9.17) is 5.11 Å². The summed E-state index contributed by atoms with van der Waals surface area (Å²) in [5.41, 5.74) is 0. The molecule has 0 heterocycles. The predicted molar refractivity (Wildman–Crippen MR) is 53.6 cm³/mol. The summed E-state index contributed by atoms with van der Waals surface area (Å²) in [7, 11) is -3.44. The molecule has 0 amide bonds. The predicted octanol–water partition coefficient (Wildman–Crippen LogP) is 1.08. The third kappa shape index (κ3) is 2.71. The van der Waals surface area contributed by atoms with Crippen molar-refractivity contribution in [1.82, 2.24) is 4.72 Å². The number of benzene rings is 1. The Morgan fingerprint density at radius 3 is 2.14 bits per heavy atom. The Balaban J connectivity index is 2.99. The molecule has 4 nitrogen and oxygen atoms in total. The first kappa shape index (κ1) is 11.0. The van der Waals surface area contributed by atoms with Crippen molar-refractivity contribution in [2.45, 2.75) is 24.8 Å². The minimum Gasteiger partial charge on any atom is -0.508 e. The van der Waals surface area contributed by atoms with Gasteiger partial charge in [0.1, 0.15) is 5.75 Å². The number of hydrogen-bond donors (Lipinski definition) is 2. The second-order valence-corrected chi connectivity index (χ2v) is 4.98. The molecule has 1 rings (SSSR count). The van der Waals surface area contributed by atoms with Crippen molar-refractivity contribution in [2.24, 2.45) is 0 Å². The van der Waals surface area contributed by atoms with Crippen molar-refractivity contribution < 1.29 is 13.5 Å². The van der Waals surface area contributed by atoms with Gasteiger partial charge in [-0.3, -0.25) is 0 Å². The average molecular weight is 215 g/mol. The first-order valence-corrected chi connectivity index (χ1v) is 5.71. The molecule has 5 heteroatoms. The van der Waals surface area contributed by atoms with Crippen LogP contribution in [-0.4, -0.2) is 19.6 Å². The van der Waals surface area contributed by atoms with Gasteiger partial charge < -0.3 is 5.11 Å². The first-order valence-electron chi connectivity index (χ1n) is 4.23. The summed E-state index contributed by atoms with van der Waals surface area (Å²) >= 11 is 0. The highest BCUT2D eigenvalue weighted by molar-refractivity contribution is 7.89. The van der Waals surface area contributed by atoms with Crippen molar-refractivity contribution in [2.75, 3.05) is 0 Å². The topological polar surface area (TPSA) is 66.4 Å². The van der Waals surface area contributed by atoms with Crippen LogP contribution in [-0.2, 0) is 10.0 Å². The largest absolute Gasteiger partial charge is 0.508 e. The van der Waals surface area contributed by atoms with Crippen LogP contribution in [0.3, 0.4) is 0 Å². The number of hydrogen-bond acceptors (Lipinski definition) is 3. The molecule has 0 radical (unpaired) electrons. The van der Waals surface area contributed by atoms with Crippen LogP contribution in [0, 0.1) is 0 Å². The smallest absolute Gasteiger partial charge is 0.240 e. The van der Waals surface area contributed by atoms with Gasteiger partial charge >= 0.3 is 0 Å². The van der Waals surface area contributed by atoms with E-state index in [-0.39, 0.29) is 16.7 Å². The van der Waals surface area contributed by atoms with Crippen LogP contribution in [0.4, 0.5) is 0 Å². The lowest BCUT2D eigenvalue weighted by molar-refractivity contribution is 0.474. The summed E-state index contributed by atoms with van der Waals surface area (Å²) in [6, 6.07) is 5.26. The maximum absolute atomic E-state index is 11.6. The Morgan fingerprint density at radius 1 is 1.21 bits per heavy atom. The van der Waals surface area contributed by atoms with Gasteiger partial charge in [-0.2, -0.15) is 0 Å². The molecule has 0 aromatic heterocycles. The van der Waals surface area contributed by atoms with Crippen LogP contribution >= 0.6 is 0 Å². The highest BCUT2D eigenvalue weighted by atomic mass is 32.2. The van der Waals surface area contributed by atoms with E-state index in [1.54, 1.807) is 13.8 Å². The highest BCUT2D eigenvalue weighted by Gasteiger charge is 2.14. The van der Waals surface area contributed by atoms with Crippen LogP contribution in [0.2, 0.25) is 0 Å². The molecule has 2 N–H and O–H groups in total. The Morgan fingerprint density at radius 2 is 1.71 bits per heavy atom. The van der Waals surface area contributed by atoms with Gasteiger partial charge in [0.2, 0.25) is 10.0 Å². The zero-order valence-electron chi connectivity index (χ0n) is 8.06. The molecule has 0 saturated heterocycles. The van der Waals surface area contributed by atoms with Gasteiger partial charge in [0, 0.05) is 6.04 Å². The lowest BCUT2D eigenvalue weighted by Gasteiger charge is -2.09. The Bertz CT molecular complexity index is 395. The second kappa shape index (κ2) is 3.98. The van der Waals surface area contributed by atoms with Crippen LogP contribution in [0.25, 0.3) is 0 Å². The quantitative estimate of drug-likeness (QED) is 0.792. The van der Waals surface area contributed by atoms with Crippen molar-refractivity contribution in [3.8, 4) is 5.75 Å². The summed E-state index contributed by atoms with van der Waals surface area (Å²) in [4.78, 5) is 0.156. The van der Waals surface area contributed by atoms with Crippen LogP contribution in [0.5, 0.6) is 5.75 Å².